The second-order valence-electron chi connectivity index (χ2n) is 9.78. The van der Waals surface area contributed by atoms with Crippen molar-refractivity contribution in [2.24, 2.45) is 0 Å². The van der Waals surface area contributed by atoms with E-state index < -0.39 is 23.4 Å². The third-order valence-corrected chi connectivity index (χ3v) is 4.28. The van der Waals surface area contributed by atoms with Crippen LogP contribution in [0.4, 0.5) is 31.0 Å². The number of hydrogen-bond acceptors (Lipinski definition) is 5. The highest BCUT2D eigenvalue weighted by Gasteiger charge is 2.21. The van der Waals surface area contributed by atoms with Crippen LogP contribution in [0.15, 0.2) is 55.1 Å². The average Bonchev–Trinajstić information content (AvgIpc) is 2.67. The van der Waals surface area contributed by atoms with E-state index >= 15 is 0 Å². The highest BCUT2D eigenvalue weighted by molar-refractivity contribution is 5.96. The topological polar surface area (TPSA) is 79.9 Å². The standard InChI is InChI=1S/C26H34FN3O4/c1-8-15-30(17-18-9-11-19(27)12-10-18)20-13-14-21(28-23(31)33-25(2,3)4)22(16-20)29-24(32)34-26(5,6)7/h8-14,16H,1,15,17H2,2-7H3,(H,28,31)(H,29,32). The zero-order chi connectivity index (χ0) is 25.5. The lowest BCUT2D eigenvalue weighted by molar-refractivity contribution is 0.0621. The molecule has 0 saturated carbocycles. The van der Waals surface area contributed by atoms with Crippen LogP contribution in [-0.4, -0.2) is 29.9 Å². The van der Waals surface area contributed by atoms with Crippen LogP contribution in [-0.2, 0) is 16.0 Å². The minimum atomic E-state index is -0.697. The first-order chi connectivity index (χ1) is 15.8. The van der Waals surface area contributed by atoms with Crippen LogP contribution in [0.2, 0.25) is 0 Å². The molecule has 0 aliphatic heterocycles. The van der Waals surface area contributed by atoms with E-state index in [1.807, 2.05) is 4.90 Å². The van der Waals surface area contributed by atoms with Gasteiger partial charge in [-0.3, -0.25) is 10.6 Å². The molecule has 0 fully saturated rings. The first-order valence-electron chi connectivity index (χ1n) is 11.0. The van der Waals surface area contributed by atoms with Crippen molar-refractivity contribution in [3.63, 3.8) is 0 Å². The Hall–Kier alpha value is -3.55. The Labute approximate surface area is 200 Å². The molecular formula is C26H34FN3O4. The largest absolute Gasteiger partial charge is 0.444 e. The number of nitrogens with one attached hydrogen (secondary N) is 2. The molecule has 2 rings (SSSR count). The number of anilines is 3. The molecule has 0 atom stereocenters. The number of carbonyl (C=O) groups is 2. The number of halogens is 1. The molecule has 0 heterocycles. The summed E-state index contributed by atoms with van der Waals surface area (Å²) in [5.74, 6) is -0.305. The molecule has 7 nitrogen and oxygen atoms in total. The SMILES string of the molecule is C=CCN(Cc1ccc(F)cc1)c1ccc(NC(=O)OC(C)(C)C)c(NC(=O)OC(C)(C)C)c1. The van der Waals surface area contributed by atoms with Crippen LogP contribution in [0, 0.1) is 5.82 Å². The van der Waals surface area contributed by atoms with E-state index in [9.17, 15) is 14.0 Å². The second kappa shape index (κ2) is 11.0. The number of benzene rings is 2. The van der Waals surface area contributed by atoms with Gasteiger partial charge in [-0.15, -0.1) is 6.58 Å². The quantitative estimate of drug-likeness (QED) is 0.439. The van der Waals surface area contributed by atoms with E-state index in [1.54, 1.807) is 78.0 Å². The molecule has 0 spiro atoms. The molecule has 0 aliphatic carbocycles. The maximum atomic E-state index is 13.3. The van der Waals surface area contributed by atoms with Crippen molar-refractivity contribution in [3.8, 4) is 0 Å². The minimum Gasteiger partial charge on any atom is -0.444 e. The van der Waals surface area contributed by atoms with E-state index in [-0.39, 0.29) is 5.82 Å². The Morgan fingerprint density at radius 2 is 1.44 bits per heavy atom. The van der Waals surface area contributed by atoms with E-state index in [1.165, 1.54) is 12.1 Å². The van der Waals surface area contributed by atoms with Crippen molar-refractivity contribution < 1.29 is 23.5 Å². The summed E-state index contributed by atoms with van der Waals surface area (Å²) in [7, 11) is 0. The maximum absolute atomic E-state index is 13.3. The minimum absolute atomic E-state index is 0.305. The molecule has 0 bridgehead atoms. The molecule has 34 heavy (non-hydrogen) atoms. The molecule has 2 amide bonds. The van der Waals surface area contributed by atoms with Crippen molar-refractivity contribution in [1.29, 1.82) is 0 Å². The van der Waals surface area contributed by atoms with Gasteiger partial charge in [0.05, 0.1) is 11.4 Å². The normalized spacial score (nSPS) is 11.4. The van der Waals surface area contributed by atoms with Crippen LogP contribution < -0.4 is 15.5 Å². The zero-order valence-corrected chi connectivity index (χ0v) is 20.7. The lowest BCUT2D eigenvalue weighted by Crippen LogP contribution is -2.29. The maximum Gasteiger partial charge on any atom is 0.412 e. The predicted molar refractivity (Wildman–Crippen MR) is 134 cm³/mol. The molecule has 0 unspecified atom stereocenters. The number of rotatable bonds is 7. The van der Waals surface area contributed by atoms with Gasteiger partial charge in [-0.2, -0.15) is 0 Å². The number of carbonyl (C=O) groups excluding carboxylic acids is 2. The van der Waals surface area contributed by atoms with Crippen molar-refractivity contribution >= 4 is 29.2 Å². The zero-order valence-electron chi connectivity index (χ0n) is 20.7. The van der Waals surface area contributed by atoms with Crippen LogP contribution >= 0.6 is 0 Å². The summed E-state index contributed by atoms with van der Waals surface area (Å²) in [4.78, 5) is 26.8. The molecule has 0 aliphatic rings. The van der Waals surface area contributed by atoms with Gasteiger partial charge in [0, 0.05) is 18.8 Å². The fourth-order valence-electron chi connectivity index (χ4n) is 3.00. The third kappa shape index (κ3) is 9.13. The molecule has 0 radical (unpaired) electrons. The lowest BCUT2D eigenvalue weighted by atomic mass is 10.1. The summed E-state index contributed by atoms with van der Waals surface area (Å²) >= 11 is 0. The van der Waals surface area contributed by atoms with Gasteiger partial charge in [-0.05, 0) is 77.4 Å². The van der Waals surface area contributed by atoms with E-state index in [2.05, 4.69) is 17.2 Å². The number of hydrogen-bond donors (Lipinski definition) is 2. The molecule has 0 saturated heterocycles. The van der Waals surface area contributed by atoms with Gasteiger partial charge in [-0.1, -0.05) is 18.2 Å². The van der Waals surface area contributed by atoms with Gasteiger partial charge in [0.2, 0.25) is 0 Å². The smallest absolute Gasteiger partial charge is 0.412 e. The predicted octanol–water partition coefficient (Wildman–Crippen LogP) is 6.71. The molecule has 8 heteroatoms. The molecule has 0 aromatic heterocycles. The Kier molecular flexibility index (Phi) is 8.68. The molecule has 2 N–H and O–H groups in total. The van der Waals surface area contributed by atoms with Crippen LogP contribution in [0.3, 0.4) is 0 Å². The van der Waals surface area contributed by atoms with Crippen LogP contribution in [0.5, 0.6) is 0 Å². The van der Waals surface area contributed by atoms with Crippen LogP contribution in [0.25, 0.3) is 0 Å². The first kappa shape index (κ1) is 26.7. The number of nitrogens with zero attached hydrogens (tertiary/aromatic N) is 1. The average molecular weight is 472 g/mol. The van der Waals surface area contributed by atoms with Gasteiger partial charge in [0.1, 0.15) is 17.0 Å². The Morgan fingerprint density at radius 1 is 0.912 bits per heavy atom. The number of amides is 2. The summed E-state index contributed by atoms with van der Waals surface area (Å²) in [5.41, 5.74) is 0.970. The highest BCUT2D eigenvalue weighted by Crippen LogP contribution is 2.30. The lowest BCUT2D eigenvalue weighted by Gasteiger charge is -2.26. The van der Waals surface area contributed by atoms with E-state index in [0.29, 0.717) is 24.5 Å². The van der Waals surface area contributed by atoms with Crippen molar-refractivity contribution in [2.75, 3.05) is 22.1 Å². The second-order valence-corrected chi connectivity index (χ2v) is 9.78. The van der Waals surface area contributed by atoms with Gasteiger partial charge < -0.3 is 14.4 Å². The van der Waals surface area contributed by atoms with Crippen molar-refractivity contribution in [2.45, 2.75) is 59.3 Å². The molecular weight excluding hydrogens is 437 g/mol. The fraction of sp³-hybridized carbons (Fsp3) is 0.385. The summed E-state index contributed by atoms with van der Waals surface area (Å²) in [6.45, 7) is 15.4. The number of ether oxygens (including phenoxy) is 2. The van der Waals surface area contributed by atoms with Gasteiger partial charge in [0.15, 0.2) is 0 Å². The highest BCUT2D eigenvalue weighted by atomic mass is 19.1. The Morgan fingerprint density at radius 3 is 1.94 bits per heavy atom. The fourth-order valence-corrected chi connectivity index (χ4v) is 3.00. The van der Waals surface area contributed by atoms with Gasteiger partial charge >= 0.3 is 12.2 Å². The van der Waals surface area contributed by atoms with Crippen molar-refractivity contribution in [3.05, 3.63) is 66.5 Å². The molecule has 2 aromatic rings. The van der Waals surface area contributed by atoms with Crippen molar-refractivity contribution in [1.82, 2.24) is 0 Å². The Balaban J connectivity index is 2.37. The van der Waals surface area contributed by atoms with Gasteiger partial charge in [0.25, 0.3) is 0 Å². The summed E-state index contributed by atoms with van der Waals surface area (Å²) < 4.78 is 24.0. The Bertz CT molecular complexity index is 1010. The van der Waals surface area contributed by atoms with Crippen LogP contribution in [0.1, 0.15) is 47.1 Å². The van der Waals surface area contributed by atoms with E-state index in [4.69, 9.17) is 9.47 Å². The third-order valence-electron chi connectivity index (χ3n) is 4.28. The van der Waals surface area contributed by atoms with E-state index in [0.717, 1.165) is 11.3 Å². The molecule has 184 valence electrons. The summed E-state index contributed by atoms with van der Waals surface area (Å²) in [6.07, 6.45) is 0.435. The first-order valence-corrected chi connectivity index (χ1v) is 11.0. The van der Waals surface area contributed by atoms with Gasteiger partial charge in [-0.25, -0.2) is 14.0 Å². The monoisotopic (exact) mass is 471 g/mol. The summed E-state index contributed by atoms with van der Waals surface area (Å²) in [5, 5.41) is 5.39. The summed E-state index contributed by atoms with van der Waals surface area (Å²) in [6, 6.07) is 11.4. The molecule has 2 aromatic carbocycles.